The molecule has 0 saturated heterocycles. The number of fused-ring (bicyclic) bond motifs is 2. The molecule has 1 aromatic heterocycles. The number of hydrogen-bond acceptors (Lipinski definition) is 11. The second-order valence-electron chi connectivity index (χ2n) is 19.2. The summed E-state index contributed by atoms with van der Waals surface area (Å²) < 4.78 is 5.48. The van der Waals surface area contributed by atoms with Crippen LogP contribution in [-0.4, -0.2) is 91.9 Å². The minimum atomic E-state index is -1.86. The maximum absolute atomic E-state index is 14.9. The Hall–Kier alpha value is -4.90. The molecular formula is C54H73N3O9. The summed E-state index contributed by atoms with van der Waals surface area (Å²) >= 11 is 0. The van der Waals surface area contributed by atoms with Gasteiger partial charge in [-0.1, -0.05) is 68.5 Å². The standard InChI is InChI=1S/C54H73N3O9/c1-5-10-44(49(62)29-41-25-40(31-57-41)32(2)14-18-47(60)33(3)59)39-24-38(42(13-9-22-58)37-20-21-56-52(55)28-37)23-35-15-17-43(34-11-7-6-8-12-34)45-30-50(63)51(66-4)27-36(45)16-19-48(61)54(65)53(64)46(35)26-39/h6-8,11-12,20,25,27-28,30-33,35,38-39,42-44,46-47,49,54,56-60,62-63,65H,5,9-10,13-14,16,18-19,21-24,26,29,55H2,1-4H3. The number of aliphatic hydroxyl groups is 5. The molecule has 12 heteroatoms. The number of carbonyl (C=O) groups excluding carboxylic acids is 2. The number of ether oxygens (including phenoxy) is 1. The Kier molecular flexibility index (Phi) is 18.1. The Morgan fingerprint density at radius 2 is 1.70 bits per heavy atom. The normalized spacial score (nSPS) is 25.3. The minimum absolute atomic E-state index is 0.000877. The highest BCUT2D eigenvalue weighted by molar-refractivity contribution is 6.06. The number of carbonyl (C=O) groups is 2. The molecule has 2 aliphatic carbocycles. The number of Topliss-reactive ketones (excluding diaryl/α,β-unsaturated/α-hetero) is 2. The van der Waals surface area contributed by atoms with Crippen LogP contribution in [0.5, 0.6) is 11.5 Å². The lowest BCUT2D eigenvalue weighted by Crippen LogP contribution is -2.40. The molecule has 2 heterocycles. The molecule has 3 aliphatic rings. The van der Waals surface area contributed by atoms with Crippen LogP contribution >= 0.6 is 0 Å². The highest BCUT2D eigenvalue weighted by Gasteiger charge is 2.45. The van der Waals surface area contributed by atoms with E-state index in [1.165, 1.54) is 7.11 Å². The van der Waals surface area contributed by atoms with Gasteiger partial charge in [0.2, 0.25) is 0 Å². The van der Waals surface area contributed by atoms with Gasteiger partial charge in [0.1, 0.15) is 0 Å². The van der Waals surface area contributed by atoms with Gasteiger partial charge >= 0.3 is 0 Å². The number of methoxy groups -OCH3 is 1. The highest BCUT2D eigenvalue weighted by atomic mass is 16.5. The van der Waals surface area contributed by atoms with Crippen molar-refractivity contribution in [3.63, 3.8) is 0 Å². The molecule has 12 unspecified atom stereocenters. The number of nitrogens with one attached hydrogen (secondary N) is 2. The van der Waals surface area contributed by atoms with E-state index in [-0.39, 0.29) is 60.5 Å². The number of allylic oxidation sites excluding steroid dienone is 2. The highest BCUT2D eigenvalue weighted by Crippen LogP contribution is 2.48. The molecule has 0 bridgehead atoms. The number of phenols is 1. The molecule has 10 N–H and O–H groups in total. The van der Waals surface area contributed by atoms with Gasteiger partial charge in [0.05, 0.1) is 37.2 Å². The average Bonchev–Trinajstić information content (AvgIpc) is 3.70. The monoisotopic (exact) mass is 908 g/mol. The maximum atomic E-state index is 14.9. The van der Waals surface area contributed by atoms with Crippen LogP contribution in [0.2, 0.25) is 0 Å². The lowest BCUT2D eigenvalue weighted by molar-refractivity contribution is -0.142. The maximum Gasteiger partial charge on any atom is 0.173 e. The van der Waals surface area contributed by atoms with Crippen molar-refractivity contribution in [3.05, 3.63) is 106 Å². The van der Waals surface area contributed by atoms with Crippen molar-refractivity contribution in [1.82, 2.24) is 10.3 Å². The van der Waals surface area contributed by atoms with E-state index in [9.17, 15) is 40.2 Å². The predicted octanol–water partition coefficient (Wildman–Crippen LogP) is 6.32. The van der Waals surface area contributed by atoms with Crippen molar-refractivity contribution < 1.29 is 45.0 Å². The number of aromatic amines is 1. The first-order chi connectivity index (χ1) is 31.7. The second-order valence-corrected chi connectivity index (χ2v) is 19.2. The molecule has 0 amide bonds. The number of aromatic hydroxyl groups is 1. The molecule has 0 spiro atoms. The summed E-state index contributed by atoms with van der Waals surface area (Å²) in [5, 5.41) is 68.6. The first-order valence-corrected chi connectivity index (χ1v) is 24.2. The first-order valence-electron chi connectivity index (χ1n) is 24.2. The number of nitrogens with two attached hydrogens (primary N) is 1. The minimum Gasteiger partial charge on any atom is -0.504 e. The fourth-order valence-corrected chi connectivity index (χ4v) is 10.9. The Balaban J connectivity index is 1.45. The topological polar surface area (TPSA) is 219 Å². The molecule has 66 heavy (non-hydrogen) atoms. The third kappa shape index (κ3) is 12.5. The molecule has 3 aromatic rings. The zero-order valence-electron chi connectivity index (χ0n) is 39.2. The van der Waals surface area contributed by atoms with Crippen molar-refractivity contribution in [3.8, 4) is 23.3 Å². The van der Waals surface area contributed by atoms with E-state index in [0.29, 0.717) is 75.7 Å². The molecule has 0 radical (unpaired) electrons. The van der Waals surface area contributed by atoms with Crippen LogP contribution in [0.4, 0.5) is 0 Å². The Bertz CT molecular complexity index is 2210. The number of hydrogen-bond donors (Lipinski definition) is 9. The van der Waals surface area contributed by atoms with Crippen LogP contribution in [0, 0.1) is 47.3 Å². The van der Waals surface area contributed by atoms with Gasteiger partial charge in [-0.05, 0) is 146 Å². The number of dihydropyridines is 1. The number of aromatic nitrogens is 1. The molecule has 12 nitrogen and oxygen atoms in total. The van der Waals surface area contributed by atoms with Gasteiger partial charge in [-0.15, -0.1) is 0 Å². The number of ketones is 2. The predicted molar refractivity (Wildman–Crippen MR) is 255 cm³/mol. The smallest absolute Gasteiger partial charge is 0.173 e. The van der Waals surface area contributed by atoms with E-state index in [1.807, 2.05) is 42.6 Å². The summed E-state index contributed by atoms with van der Waals surface area (Å²) in [5.74, 6) is 4.38. The van der Waals surface area contributed by atoms with Crippen LogP contribution in [0.25, 0.3) is 0 Å². The van der Waals surface area contributed by atoms with E-state index >= 15 is 0 Å². The summed E-state index contributed by atoms with van der Waals surface area (Å²) in [6.07, 6.45) is 7.43. The van der Waals surface area contributed by atoms with Gasteiger partial charge in [-0.3, -0.25) is 9.59 Å². The molecule has 6 rings (SSSR count). The van der Waals surface area contributed by atoms with E-state index < -0.39 is 53.7 Å². The van der Waals surface area contributed by atoms with Gasteiger partial charge < -0.3 is 51.4 Å². The molecular weight excluding hydrogens is 835 g/mol. The zero-order chi connectivity index (χ0) is 47.5. The summed E-state index contributed by atoms with van der Waals surface area (Å²) in [5.41, 5.74) is 11.7. The SMILES string of the molecule is CCCC(C(O)Cc1cc(C(C)CCC(O)C(C)O)c[nH]1)C1CC(C(CCCO)C2=CCNC(N)=C2)CC2C#CC(c3ccccc3)c3cc(O)c(OC)cc3CCC(=O)C(O)C(=O)C2C1. The Morgan fingerprint density at radius 3 is 2.39 bits per heavy atom. The van der Waals surface area contributed by atoms with E-state index in [1.54, 1.807) is 19.1 Å². The zero-order valence-corrected chi connectivity index (χ0v) is 39.2. The number of benzene rings is 2. The second kappa shape index (κ2) is 23.7. The Labute approximate surface area is 390 Å². The number of phenolic OH excluding ortho intramolecular Hbond substituents is 1. The van der Waals surface area contributed by atoms with Crippen molar-refractivity contribution >= 4 is 11.6 Å². The van der Waals surface area contributed by atoms with Gasteiger partial charge in [-0.25, -0.2) is 0 Å². The molecule has 1 saturated carbocycles. The van der Waals surface area contributed by atoms with Gasteiger partial charge in [0.25, 0.3) is 0 Å². The van der Waals surface area contributed by atoms with Crippen molar-refractivity contribution in [2.24, 2.45) is 41.2 Å². The molecule has 12 atom stereocenters. The number of rotatable bonds is 18. The first kappa shape index (κ1) is 50.5. The summed E-state index contributed by atoms with van der Waals surface area (Å²) in [4.78, 5) is 32.3. The lowest BCUT2D eigenvalue weighted by atomic mass is 9.71. The van der Waals surface area contributed by atoms with E-state index in [4.69, 9.17) is 10.5 Å². The number of aryl methyl sites for hydroxylation is 1. The van der Waals surface area contributed by atoms with Crippen LogP contribution < -0.4 is 15.8 Å². The molecule has 1 aliphatic heterocycles. The van der Waals surface area contributed by atoms with Crippen molar-refractivity contribution in [2.75, 3.05) is 20.3 Å². The van der Waals surface area contributed by atoms with E-state index in [2.05, 4.69) is 48.1 Å². The van der Waals surface area contributed by atoms with Gasteiger partial charge in [0.15, 0.2) is 29.2 Å². The molecule has 2 aromatic carbocycles. The van der Waals surface area contributed by atoms with Gasteiger partial charge in [-0.2, -0.15) is 0 Å². The molecule has 358 valence electrons. The van der Waals surface area contributed by atoms with Crippen molar-refractivity contribution in [1.29, 1.82) is 0 Å². The third-order valence-electron chi connectivity index (χ3n) is 14.7. The van der Waals surface area contributed by atoms with E-state index in [0.717, 1.165) is 34.4 Å². The van der Waals surface area contributed by atoms with Crippen LogP contribution in [-0.2, 0) is 22.4 Å². The van der Waals surface area contributed by atoms with Crippen LogP contribution in [0.1, 0.15) is 125 Å². The third-order valence-corrected chi connectivity index (χ3v) is 14.7. The fraction of sp³-hybridized carbons (Fsp3) is 0.556. The summed E-state index contributed by atoms with van der Waals surface area (Å²) in [6.45, 7) is 6.31. The van der Waals surface area contributed by atoms with Crippen LogP contribution in [0.15, 0.2) is 78.3 Å². The van der Waals surface area contributed by atoms with Crippen LogP contribution in [0.3, 0.4) is 0 Å². The largest absolute Gasteiger partial charge is 0.504 e. The Morgan fingerprint density at radius 1 is 0.924 bits per heavy atom. The summed E-state index contributed by atoms with van der Waals surface area (Å²) in [7, 11) is 1.46. The van der Waals surface area contributed by atoms with Gasteiger partial charge in [0, 0.05) is 49.7 Å². The fourth-order valence-electron chi connectivity index (χ4n) is 10.9. The molecule has 1 fully saturated rings. The lowest BCUT2D eigenvalue weighted by Gasteiger charge is -2.35. The number of H-pyrrole nitrogens is 1. The number of aliphatic hydroxyl groups excluding tert-OH is 5. The average molecular weight is 908 g/mol. The summed E-state index contributed by atoms with van der Waals surface area (Å²) in [6, 6.07) is 15.2. The van der Waals surface area contributed by atoms with Crippen molar-refractivity contribution in [2.45, 2.75) is 134 Å². The quantitative estimate of drug-likeness (QED) is 0.0508.